The molecule has 0 aromatic carbocycles. The molecule has 0 saturated heterocycles. The van der Waals surface area contributed by atoms with Crippen LogP contribution in [0.1, 0.15) is 42.7 Å². The molecule has 0 spiro atoms. The summed E-state index contributed by atoms with van der Waals surface area (Å²) in [6, 6.07) is 0. The summed E-state index contributed by atoms with van der Waals surface area (Å²) in [5.41, 5.74) is 1.95. The maximum absolute atomic E-state index is 11.9. The number of Topliss-reactive ketones (excluding diaryl/α,β-unsaturated/α-hetero) is 1. The molecule has 0 atom stereocenters. The zero-order valence-corrected chi connectivity index (χ0v) is 11.5. The van der Waals surface area contributed by atoms with Crippen LogP contribution in [0.25, 0.3) is 0 Å². The topological polar surface area (TPSA) is 72.2 Å². The number of ketones is 1. The van der Waals surface area contributed by atoms with E-state index in [1.807, 2.05) is 13.8 Å². The van der Waals surface area contributed by atoms with E-state index in [9.17, 15) is 9.59 Å². The van der Waals surface area contributed by atoms with Gasteiger partial charge < -0.3 is 9.84 Å². The van der Waals surface area contributed by atoms with Crippen molar-refractivity contribution in [2.75, 3.05) is 6.54 Å². The van der Waals surface area contributed by atoms with Crippen LogP contribution >= 0.6 is 0 Å². The van der Waals surface area contributed by atoms with Crippen LogP contribution in [-0.2, 0) is 16.0 Å². The second-order valence-electron chi connectivity index (χ2n) is 5.16. The second-order valence-corrected chi connectivity index (χ2v) is 5.16. The number of nitrogens with zero attached hydrogens (tertiary/aromatic N) is 1. The van der Waals surface area contributed by atoms with Gasteiger partial charge in [-0.05, 0) is 33.1 Å². The van der Waals surface area contributed by atoms with Crippen molar-refractivity contribution in [3.63, 3.8) is 0 Å². The molecule has 1 fully saturated rings. The van der Waals surface area contributed by atoms with Crippen molar-refractivity contribution < 1.29 is 14.1 Å². The molecule has 2 rings (SSSR count). The fourth-order valence-corrected chi connectivity index (χ4v) is 2.52. The number of hydrogen-bond donors (Lipinski definition) is 1. The van der Waals surface area contributed by atoms with Gasteiger partial charge in [0.1, 0.15) is 11.5 Å². The van der Waals surface area contributed by atoms with E-state index in [-0.39, 0.29) is 17.6 Å². The lowest BCUT2D eigenvalue weighted by molar-refractivity contribution is -0.128. The van der Waals surface area contributed by atoms with Gasteiger partial charge in [-0.15, -0.1) is 0 Å². The second kappa shape index (κ2) is 5.99. The standard InChI is InChI=1S/C14H20N2O3/c1-9-13(10(2)19-16-9)7-8-15-14(18)11-3-5-12(17)6-4-11/h11H,3-8H2,1-2H3,(H,15,18). The molecule has 0 radical (unpaired) electrons. The Morgan fingerprint density at radius 3 is 2.63 bits per heavy atom. The first-order valence-electron chi connectivity index (χ1n) is 6.79. The van der Waals surface area contributed by atoms with Gasteiger partial charge in [0, 0.05) is 30.9 Å². The molecule has 104 valence electrons. The lowest BCUT2D eigenvalue weighted by Gasteiger charge is -2.20. The molecule has 19 heavy (non-hydrogen) atoms. The lowest BCUT2D eigenvalue weighted by atomic mass is 9.88. The first-order valence-corrected chi connectivity index (χ1v) is 6.79. The molecule has 1 aliphatic carbocycles. The van der Waals surface area contributed by atoms with Crippen LogP contribution in [0, 0.1) is 19.8 Å². The number of carbonyl (C=O) groups excluding carboxylic acids is 2. The largest absolute Gasteiger partial charge is 0.361 e. The molecule has 1 aromatic rings. The third-order valence-corrected chi connectivity index (χ3v) is 3.77. The molecule has 1 aromatic heterocycles. The summed E-state index contributed by atoms with van der Waals surface area (Å²) < 4.78 is 5.08. The molecular weight excluding hydrogens is 244 g/mol. The van der Waals surface area contributed by atoms with Crippen molar-refractivity contribution in [2.24, 2.45) is 5.92 Å². The quantitative estimate of drug-likeness (QED) is 0.898. The fourth-order valence-electron chi connectivity index (χ4n) is 2.52. The Morgan fingerprint density at radius 2 is 2.05 bits per heavy atom. The normalized spacial score (nSPS) is 16.6. The van der Waals surface area contributed by atoms with Gasteiger partial charge in [0.15, 0.2) is 0 Å². The van der Waals surface area contributed by atoms with Gasteiger partial charge in [0.05, 0.1) is 5.69 Å². The Kier molecular flexibility index (Phi) is 4.35. The van der Waals surface area contributed by atoms with E-state index in [1.165, 1.54) is 0 Å². The van der Waals surface area contributed by atoms with Crippen molar-refractivity contribution in [1.82, 2.24) is 10.5 Å². The maximum Gasteiger partial charge on any atom is 0.223 e. The van der Waals surface area contributed by atoms with Gasteiger partial charge in [-0.2, -0.15) is 0 Å². The Morgan fingerprint density at radius 1 is 1.37 bits per heavy atom. The summed E-state index contributed by atoms with van der Waals surface area (Å²) in [7, 11) is 0. The number of carbonyl (C=O) groups is 2. The molecule has 1 heterocycles. The van der Waals surface area contributed by atoms with Crippen LogP contribution in [-0.4, -0.2) is 23.4 Å². The summed E-state index contributed by atoms with van der Waals surface area (Å²) in [4.78, 5) is 23.1. The molecule has 5 heteroatoms. The van der Waals surface area contributed by atoms with E-state index in [0.717, 1.165) is 23.4 Å². The monoisotopic (exact) mass is 264 g/mol. The minimum Gasteiger partial charge on any atom is -0.361 e. The van der Waals surface area contributed by atoms with Gasteiger partial charge >= 0.3 is 0 Å². The van der Waals surface area contributed by atoms with Gasteiger partial charge in [-0.1, -0.05) is 5.16 Å². The van der Waals surface area contributed by atoms with Gasteiger partial charge in [-0.25, -0.2) is 0 Å². The molecule has 0 aliphatic heterocycles. The number of rotatable bonds is 4. The third kappa shape index (κ3) is 3.43. The van der Waals surface area contributed by atoms with Crippen molar-refractivity contribution in [3.8, 4) is 0 Å². The highest BCUT2D eigenvalue weighted by Gasteiger charge is 2.24. The highest BCUT2D eigenvalue weighted by Crippen LogP contribution is 2.21. The SMILES string of the molecule is Cc1noc(C)c1CCNC(=O)C1CCC(=O)CC1. The average Bonchev–Trinajstić information content (AvgIpc) is 2.71. The number of nitrogens with one attached hydrogen (secondary N) is 1. The zero-order chi connectivity index (χ0) is 13.8. The summed E-state index contributed by atoms with van der Waals surface area (Å²) in [5, 5.41) is 6.83. The van der Waals surface area contributed by atoms with E-state index in [4.69, 9.17) is 4.52 Å². The molecule has 1 saturated carbocycles. The first kappa shape index (κ1) is 13.8. The van der Waals surface area contributed by atoms with Crippen LogP contribution in [0.5, 0.6) is 0 Å². The molecular formula is C14H20N2O3. The summed E-state index contributed by atoms with van der Waals surface area (Å²) >= 11 is 0. The zero-order valence-electron chi connectivity index (χ0n) is 11.5. The van der Waals surface area contributed by atoms with Crippen LogP contribution in [0.3, 0.4) is 0 Å². The maximum atomic E-state index is 11.9. The van der Waals surface area contributed by atoms with Crippen LogP contribution < -0.4 is 5.32 Å². The van der Waals surface area contributed by atoms with Gasteiger partial charge in [0.25, 0.3) is 0 Å². The minimum atomic E-state index is 0.00219. The third-order valence-electron chi connectivity index (χ3n) is 3.77. The first-order chi connectivity index (χ1) is 9.08. The van der Waals surface area contributed by atoms with Crippen molar-refractivity contribution in [3.05, 3.63) is 17.0 Å². The predicted molar refractivity (Wildman–Crippen MR) is 69.7 cm³/mol. The van der Waals surface area contributed by atoms with Crippen molar-refractivity contribution in [2.45, 2.75) is 46.0 Å². The number of aryl methyl sites for hydroxylation is 2. The van der Waals surface area contributed by atoms with E-state index in [1.54, 1.807) is 0 Å². The van der Waals surface area contributed by atoms with E-state index in [2.05, 4.69) is 10.5 Å². The Bertz CT molecular complexity index is 450. The van der Waals surface area contributed by atoms with Crippen LogP contribution in [0.4, 0.5) is 0 Å². The number of aromatic nitrogens is 1. The molecule has 1 amide bonds. The molecule has 5 nitrogen and oxygen atoms in total. The van der Waals surface area contributed by atoms with Gasteiger partial charge in [-0.3, -0.25) is 9.59 Å². The summed E-state index contributed by atoms with van der Waals surface area (Å²) in [6.45, 7) is 4.37. The lowest BCUT2D eigenvalue weighted by Crippen LogP contribution is -2.34. The molecule has 0 bridgehead atoms. The highest BCUT2D eigenvalue weighted by molar-refractivity contribution is 5.84. The van der Waals surface area contributed by atoms with Crippen LogP contribution in [0.15, 0.2) is 4.52 Å². The summed E-state index contributed by atoms with van der Waals surface area (Å²) in [5.74, 6) is 1.16. The number of hydrogen-bond acceptors (Lipinski definition) is 4. The van der Waals surface area contributed by atoms with Crippen LogP contribution in [0.2, 0.25) is 0 Å². The Balaban J connectivity index is 1.76. The predicted octanol–water partition coefficient (Wildman–Crippen LogP) is 1.71. The smallest absolute Gasteiger partial charge is 0.223 e. The van der Waals surface area contributed by atoms with E-state index in [0.29, 0.717) is 32.2 Å². The summed E-state index contributed by atoms with van der Waals surface area (Å²) in [6.07, 6.45) is 3.20. The fraction of sp³-hybridized carbons (Fsp3) is 0.643. The highest BCUT2D eigenvalue weighted by atomic mass is 16.5. The molecule has 1 N–H and O–H groups in total. The minimum absolute atomic E-state index is 0.00219. The molecule has 0 unspecified atom stereocenters. The van der Waals surface area contributed by atoms with Gasteiger partial charge in [0.2, 0.25) is 5.91 Å². The van der Waals surface area contributed by atoms with Crippen molar-refractivity contribution >= 4 is 11.7 Å². The Hall–Kier alpha value is -1.65. The van der Waals surface area contributed by atoms with Crippen molar-refractivity contribution in [1.29, 1.82) is 0 Å². The average molecular weight is 264 g/mol. The molecule has 1 aliphatic rings. The number of amides is 1. The van der Waals surface area contributed by atoms with E-state index < -0.39 is 0 Å². The van der Waals surface area contributed by atoms with E-state index >= 15 is 0 Å². The Labute approximate surface area is 112 Å².